The average Bonchev–Trinajstić information content (AvgIpc) is 3.19. The molecule has 8 heteroatoms. The van der Waals surface area contributed by atoms with Crippen molar-refractivity contribution in [2.75, 3.05) is 5.32 Å². The van der Waals surface area contributed by atoms with E-state index >= 15 is 0 Å². The molecule has 0 aliphatic rings. The minimum atomic E-state index is -0.497. The molecule has 2 heterocycles. The monoisotopic (exact) mass is 315 g/mol. The molecule has 3 aromatic rings. The third-order valence-electron chi connectivity index (χ3n) is 2.84. The lowest BCUT2D eigenvalue weighted by molar-refractivity contribution is -0.384. The molecule has 7 nitrogen and oxygen atoms in total. The number of benzene rings is 1. The van der Waals surface area contributed by atoms with Gasteiger partial charge in [0.05, 0.1) is 11.2 Å². The molecule has 1 aromatic carbocycles. The minimum absolute atomic E-state index is 0.0334. The van der Waals surface area contributed by atoms with Crippen molar-refractivity contribution in [2.24, 2.45) is 0 Å². The van der Waals surface area contributed by atoms with Crippen molar-refractivity contribution < 1.29 is 14.1 Å². The quantitative estimate of drug-likeness (QED) is 0.586. The molecule has 0 atom stereocenters. The van der Waals surface area contributed by atoms with Crippen LogP contribution < -0.4 is 5.32 Å². The summed E-state index contributed by atoms with van der Waals surface area (Å²) in [5, 5.41) is 15.5. The van der Waals surface area contributed by atoms with Crippen molar-refractivity contribution in [3.05, 3.63) is 64.0 Å². The Balaban J connectivity index is 1.73. The van der Waals surface area contributed by atoms with Gasteiger partial charge in [0, 0.05) is 28.8 Å². The van der Waals surface area contributed by atoms with Gasteiger partial charge in [-0.25, -0.2) is 4.98 Å². The molecule has 0 spiro atoms. The Hall–Kier alpha value is -3.00. The second kappa shape index (κ2) is 5.78. The Kier molecular flexibility index (Phi) is 3.67. The molecule has 2 aromatic heterocycles. The molecule has 0 aliphatic heterocycles. The van der Waals surface area contributed by atoms with E-state index in [1.807, 2.05) is 0 Å². The average molecular weight is 315 g/mol. The van der Waals surface area contributed by atoms with Gasteiger partial charge in [0.1, 0.15) is 17.0 Å². The van der Waals surface area contributed by atoms with Crippen LogP contribution >= 0.6 is 11.3 Å². The highest BCUT2D eigenvalue weighted by molar-refractivity contribution is 7.13. The fourth-order valence-corrected chi connectivity index (χ4v) is 2.54. The van der Waals surface area contributed by atoms with Gasteiger partial charge in [-0.1, -0.05) is 0 Å². The van der Waals surface area contributed by atoms with Crippen molar-refractivity contribution in [1.29, 1.82) is 0 Å². The first-order chi connectivity index (χ1) is 10.6. The molecule has 0 bridgehead atoms. The van der Waals surface area contributed by atoms with E-state index in [1.165, 1.54) is 41.9 Å². The smallest absolute Gasteiger partial charge is 0.275 e. The summed E-state index contributed by atoms with van der Waals surface area (Å²) in [5.74, 6) is -0.375. The van der Waals surface area contributed by atoms with Gasteiger partial charge in [0.2, 0.25) is 0 Å². The number of nitro benzene ring substituents is 1. The van der Waals surface area contributed by atoms with Crippen LogP contribution in [0.2, 0.25) is 0 Å². The number of nitro groups is 1. The molecule has 0 aliphatic carbocycles. The Morgan fingerprint density at radius 3 is 2.68 bits per heavy atom. The first-order valence-electron chi connectivity index (χ1n) is 6.17. The van der Waals surface area contributed by atoms with Gasteiger partial charge in [-0.15, -0.1) is 11.3 Å². The standard InChI is InChI=1S/C14H9N3O4S/c18-13(15-10-1-3-11(4-2-10)17(19)20)12-8-22-14(16-12)9-5-6-21-7-9/h1-8H,(H,15,18). The number of thiazole rings is 1. The predicted octanol–water partition coefficient (Wildman–Crippen LogP) is 3.56. The summed E-state index contributed by atoms with van der Waals surface area (Å²) in [7, 11) is 0. The van der Waals surface area contributed by atoms with Gasteiger partial charge in [0.15, 0.2) is 0 Å². The number of nitrogens with one attached hydrogen (secondary N) is 1. The summed E-state index contributed by atoms with van der Waals surface area (Å²) in [6.07, 6.45) is 3.09. The zero-order valence-corrected chi connectivity index (χ0v) is 11.9. The molecule has 1 N–H and O–H groups in total. The van der Waals surface area contributed by atoms with Crippen molar-refractivity contribution in [1.82, 2.24) is 4.98 Å². The van der Waals surface area contributed by atoms with Gasteiger partial charge in [0.25, 0.3) is 11.6 Å². The van der Waals surface area contributed by atoms with Crippen molar-refractivity contribution in [2.45, 2.75) is 0 Å². The number of rotatable bonds is 4. The second-order valence-electron chi connectivity index (χ2n) is 4.31. The lowest BCUT2D eigenvalue weighted by atomic mass is 10.3. The van der Waals surface area contributed by atoms with E-state index in [9.17, 15) is 14.9 Å². The third kappa shape index (κ3) is 2.86. The zero-order chi connectivity index (χ0) is 15.5. The normalized spacial score (nSPS) is 10.4. The molecule has 1 amide bonds. The summed E-state index contributed by atoms with van der Waals surface area (Å²) < 4.78 is 4.98. The Morgan fingerprint density at radius 1 is 1.27 bits per heavy atom. The molecule has 0 fully saturated rings. The first-order valence-corrected chi connectivity index (χ1v) is 7.05. The highest BCUT2D eigenvalue weighted by Gasteiger charge is 2.13. The van der Waals surface area contributed by atoms with Crippen LogP contribution in [0.3, 0.4) is 0 Å². The fourth-order valence-electron chi connectivity index (χ4n) is 1.76. The summed E-state index contributed by atoms with van der Waals surface area (Å²) >= 11 is 1.33. The number of furan rings is 1. The molecular weight excluding hydrogens is 306 g/mol. The molecular formula is C14H9N3O4S. The topological polar surface area (TPSA) is 98.3 Å². The van der Waals surface area contributed by atoms with Gasteiger partial charge in [-0.2, -0.15) is 0 Å². The van der Waals surface area contributed by atoms with E-state index in [-0.39, 0.29) is 17.3 Å². The van der Waals surface area contributed by atoms with Gasteiger partial charge in [-0.05, 0) is 18.2 Å². The summed E-state index contributed by atoms with van der Waals surface area (Å²) in [6.45, 7) is 0. The molecule has 3 rings (SSSR count). The maximum Gasteiger partial charge on any atom is 0.275 e. The summed E-state index contributed by atoms with van der Waals surface area (Å²) in [6, 6.07) is 7.36. The van der Waals surface area contributed by atoms with Gasteiger partial charge in [-0.3, -0.25) is 14.9 Å². The Bertz CT molecular complexity index is 809. The maximum atomic E-state index is 12.1. The highest BCUT2D eigenvalue weighted by atomic mass is 32.1. The van der Waals surface area contributed by atoms with Crippen LogP contribution in [0.5, 0.6) is 0 Å². The number of non-ortho nitro benzene ring substituents is 1. The number of amides is 1. The van der Waals surface area contributed by atoms with E-state index in [0.717, 1.165) is 5.56 Å². The lowest BCUT2D eigenvalue weighted by Crippen LogP contribution is -2.12. The van der Waals surface area contributed by atoms with Crippen LogP contribution in [0.1, 0.15) is 10.5 Å². The fraction of sp³-hybridized carbons (Fsp3) is 0. The highest BCUT2D eigenvalue weighted by Crippen LogP contribution is 2.24. The summed E-state index contributed by atoms with van der Waals surface area (Å²) in [5.41, 5.74) is 1.52. The van der Waals surface area contributed by atoms with E-state index in [4.69, 9.17) is 4.42 Å². The van der Waals surface area contributed by atoms with Gasteiger partial charge >= 0.3 is 0 Å². The number of anilines is 1. The first kappa shape index (κ1) is 14.0. The van der Waals surface area contributed by atoms with Gasteiger partial charge < -0.3 is 9.73 Å². The van der Waals surface area contributed by atoms with Crippen molar-refractivity contribution in [3.63, 3.8) is 0 Å². The molecule has 110 valence electrons. The van der Waals surface area contributed by atoms with E-state index in [2.05, 4.69) is 10.3 Å². The second-order valence-corrected chi connectivity index (χ2v) is 5.17. The van der Waals surface area contributed by atoms with Crippen LogP contribution in [0.25, 0.3) is 10.6 Å². The number of aromatic nitrogens is 1. The minimum Gasteiger partial charge on any atom is -0.472 e. The van der Waals surface area contributed by atoms with Crippen molar-refractivity contribution >= 4 is 28.6 Å². The summed E-state index contributed by atoms with van der Waals surface area (Å²) in [4.78, 5) is 26.4. The SMILES string of the molecule is O=C(Nc1ccc([N+](=O)[O-])cc1)c1csc(-c2ccoc2)n1. The largest absolute Gasteiger partial charge is 0.472 e. The maximum absolute atomic E-state index is 12.1. The molecule has 0 unspecified atom stereocenters. The van der Waals surface area contributed by atoms with E-state index < -0.39 is 4.92 Å². The number of hydrogen-bond donors (Lipinski definition) is 1. The lowest BCUT2D eigenvalue weighted by Gasteiger charge is -2.02. The van der Waals surface area contributed by atoms with Crippen LogP contribution in [-0.2, 0) is 0 Å². The van der Waals surface area contributed by atoms with Crippen molar-refractivity contribution in [3.8, 4) is 10.6 Å². The molecule has 0 saturated carbocycles. The molecule has 0 saturated heterocycles. The number of hydrogen-bond acceptors (Lipinski definition) is 6. The zero-order valence-electron chi connectivity index (χ0n) is 11.1. The van der Waals surface area contributed by atoms with Crippen LogP contribution in [-0.4, -0.2) is 15.8 Å². The molecule has 22 heavy (non-hydrogen) atoms. The number of nitrogens with zero attached hydrogens (tertiary/aromatic N) is 2. The van der Waals surface area contributed by atoms with E-state index in [0.29, 0.717) is 10.7 Å². The number of carbonyl (C=O) groups is 1. The third-order valence-corrected chi connectivity index (χ3v) is 3.73. The number of carbonyl (C=O) groups excluding carboxylic acids is 1. The van der Waals surface area contributed by atoms with E-state index in [1.54, 1.807) is 17.7 Å². The van der Waals surface area contributed by atoms with Crippen LogP contribution in [0.15, 0.2) is 52.7 Å². The Labute approximate surface area is 128 Å². The Morgan fingerprint density at radius 2 is 2.05 bits per heavy atom. The van der Waals surface area contributed by atoms with Crippen LogP contribution in [0.4, 0.5) is 11.4 Å². The predicted molar refractivity (Wildman–Crippen MR) is 80.9 cm³/mol. The van der Waals surface area contributed by atoms with Crippen LogP contribution in [0, 0.1) is 10.1 Å². The molecule has 0 radical (unpaired) electrons.